The number of ether oxygens (including phenoxy) is 1. The Morgan fingerprint density at radius 2 is 1.80 bits per heavy atom. The van der Waals surface area contributed by atoms with E-state index in [1.807, 2.05) is 0 Å². The lowest BCUT2D eigenvalue weighted by molar-refractivity contribution is -0.126. The Kier molecular flexibility index (Phi) is 16.6. The van der Waals surface area contributed by atoms with Gasteiger partial charge in [0, 0.05) is 37.4 Å². The molecule has 0 radical (unpaired) electrons. The number of rotatable bonds is 17. The largest absolute Gasteiger partial charge is 0.396 e. The van der Waals surface area contributed by atoms with Gasteiger partial charge in [-0.2, -0.15) is 0 Å². The van der Waals surface area contributed by atoms with Gasteiger partial charge >= 0.3 is 0 Å². The van der Waals surface area contributed by atoms with E-state index in [4.69, 9.17) is 15.6 Å². The molecule has 1 fully saturated rings. The zero-order chi connectivity index (χ0) is 22.0. The van der Waals surface area contributed by atoms with Crippen molar-refractivity contribution in [1.29, 1.82) is 0 Å². The molecule has 5 N–H and O–H groups in total. The lowest BCUT2D eigenvalue weighted by Crippen LogP contribution is -2.36. The Bertz CT molecular complexity index is 464. The number of aliphatic hydroxyl groups is 1. The molecule has 0 spiro atoms. The van der Waals surface area contributed by atoms with Crippen molar-refractivity contribution in [3.8, 4) is 0 Å². The summed E-state index contributed by atoms with van der Waals surface area (Å²) in [6.07, 6.45) is 7.88. The van der Waals surface area contributed by atoms with E-state index in [1.54, 1.807) is 21.6 Å². The Labute approximate surface area is 189 Å². The van der Waals surface area contributed by atoms with Gasteiger partial charge in [-0.05, 0) is 44.4 Å². The molecule has 176 valence electrons. The average molecular weight is 464 g/mol. The highest BCUT2D eigenvalue weighted by atomic mass is 33.1. The maximum atomic E-state index is 12.3. The average Bonchev–Trinajstić information content (AvgIpc) is 2.76. The second-order valence-electron chi connectivity index (χ2n) is 7.86. The Balaban J connectivity index is 2.07. The van der Waals surface area contributed by atoms with E-state index in [2.05, 4.69) is 17.6 Å². The zero-order valence-corrected chi connectivity index (χ0v) is 20.0. The first-order valence-electron chi connectivity index (χ1n) is 11.3. The van der Waals surface area contributed by atoms with E-state index in [0.717, 1.165) is 57.9 Å². The molecular formula is C21H41N3O4S2. The third-order valence-electron chi connectivity index (χ3n) is 5.43. The molecule has 0 aromatic carbocycles. The number of nitrogens with two attached hydrogens (primary N) is 1. The maximum Gasteiger partial charge on any atom is 0.230 e. The van der Waals surface area contributed by atoms with Crippen LogP contribution in [0.4, 0.5) is 0 Å². The molecule has 1 aliphatic carbocycles. The maximum absolute atomic E-state index is 12.3. The Morgan fingerprint density at radius 1 is 1.07 bits per heavy atom. The number of amides is 2. The third kappa shape index (κ3) is 13.0. The van der Waals surface area contributed by atoms with Crippen molar-refractivity contribution in [2.45, 2.75) is 63.5 Å². The predicted molar refractivity (Wildman–Crippen MR) is 126 cm³/mol. The number of hydrogen-bond acceptors (Lipinski definition) is 7. The molecule has 0 heterocycles. The highest BCUT2D eigenvalue weighted by Gasteiger charge is 2.29. The number of hydrogen-bond donors (Lipinski definition) is 4. The molecule has 1 aliphatic rings. The van der Waals surface area contributed by atoms with Gasteiger partial charge in [0.1, 0.15) is 0 Å². The zero-order valence-electron chi connectivity index (χ0n) is 18.4. The molecule has 0 saturated heterocycles. The van der Waals surface area contributed by atoms with Crippen LogP contribution < -0.4 is 16.4 Å². The SMILES string of the molecule is CC(SSCC(=O)NCCCCCCO)C1CCC(C(=O)NCCOCCN)CC1. The quantitative estimate of drug-likeness (QED) is 0.193. The first kappa shape index (κ1) is 27.6. The minimum atomic E-state index is 0.0951. The van der Waals surface area contributed by atoms with Gasteiger partial charge in [0.05, 0.1) is 19.0 Å². The molecule has 1 rings (SSSR count). The van der Waals surface area contributed by atoms with Gasteiger partial charge in [0.25, 0.3) is 0 Å². The number of aliphatic hydroxyl groups excluding tert-OH is 1. The lowest BCUT2D eigenvalue weighted by Gasteiger charge is -2.31. The highest BCUT2D eigenvalue weighted by molar-refractivity contribution is 8.77. The lowest BCUT2D eigenvalue weighted by atomic mass is 9.80. The van der Waals surface area contributed by atoms with E-state index in [0.29, 0.717) is 43.2 Å². The van der Waals surface area contributed by atoms with Crippen molar-refractivity contribution in [2.24, 2.45) is 17.6 Å². The van der Waals surface area contributed by atoms with Crippen LogP contribution in [0.3, 0.4) is 0 Å². The topological polar surface area (TPSA) is 114 Å². The fourth-order valence-electron chi connectivity index (χ4n) is 3.57. The van der Waals surface area contributed by atoms with Crippen LogP contribution in [0.1, 0.15) is 58.3 Å². The summed E-state index contributed by atoms with van der Waals surface area (Å²) in [4.78, 5) is 24.2. The van der Waals surface area contributed by atoms with Crippen molar-refractivity contribution in [2.75, 3.05) is 45.2 Å². The van der Waals surface area contributed by atoms with Crippen LogP contribution in [0.5, 0.6) is 0 Å². The molecule has 0 aliphatic heterocycles. The summed E-state index contributed by atoms with van der Waals surface area (Å²) in [6, 6.07) is 0. The van der Waals surface area contributed by atoms with Gasteiger partial charge in [0.15, 0.2) is 0 Å². The van der Waals surface area contributed by atoms with Crippen molar-refractivity contribution in [1.82, 2.24) is 10.6 Å². The van der Waals surface area contributed by atoms with Crippen molar-refractivity contribution in [3.05, 3.63) is 0 Å². The van der Waals surface area contributed by atoms with Gasteiger partial charge in [-0.15, -0.1) is 0 Å². The van der Waals surface area contributed by atoms with E-state index in [9.17, 15) is 9.59 Å². The third-order valence-corrected chi connectivity index (χ3v) is 8.31. The van der Waals surface area contributed by atoms with Crippen LogP contribution in [0.25, 0.3) is 0 Å². The van der Waals surface area contributed by atoms with Gasteiger partial charge in [-0.25, -0.2) is 0 Å². The molecule has 0 bridgehead atoms. The summed E-state index contributed by atoms with van der Waals surface area (Å²) in [5.74, 6) is 1.44. The molecule has 30 heavy (non-hydrogen) atoms. The standard InChI is InChI=1S/C21H41N3O4S2/c1-17(30-29-16-20(26)23-11-4-2-3-5-13-25)18-6-8-19(9-7-18)21(27)24-12-15-28-14-10-22/h17-19,25H,2-16,22H2,1H3,(H,23,26)(H,24,27). The van der Waals surface area contributed by atoms with E-state index in [-0.39, 0.29) is 24.3 Å². The van der Waals surface area contributed by atoms with Gasteiger partial charge in [-0.1, -0.05) is 41.4 Å². The first-order chi connectivity index (χ1) is 14.6. The minimum Gasteiger partial charge on any atom is -0.396 e. The van der Waals surface area contributed by atoms with Crippen LogP contribution in [0.15, 0.2) is 0 Å². The summed E-state index contributed by atoms with van der Waals surface area (Å²) in [6.45, 7) is 5.29. The van der Waals surface area contributed by atoms with Crippen molar-refractivity contribution in [3.63, 3.8) is 0 Å². The summed E-state index contributed by atoms with van der Waals surface area (Å²) in [5, 5.41) is 15.1. The predicted octanol–water partition coefficient (Wildman–Crippen LogP) is 2.32. The molecule has 1 atom stereocenters. The van der Waals surface area contributed by atoms with Crippen molar-refractivity contribution >= 4 is 33.4 Å². The van der Waals surface area contributed by atoms with Crippen LogP contribution in [0, 0.1) is 11.8 Å². The van der Waals surface area contributed by atoms with Gasteiger partial charge in [0.2, 0.25) is 11.8 Å². The second-order valence-corrected chi connectivity index (χ2v) is 10.6. The fourth-order valence-corrected chi connectivity index (χ4v) is 6.13. The summed E-state index contributed by atoms with van der Waals surface area (Å²) < 4.78 is 5.28. The number of unbranched alkanes of at least 4 members (excludes halogenated alkanes) is 3. The minimum absolute atomic E-state index is 0.0951. The monoisotopic (exact) mass is 463 g/mol. The smallest absolute Gasteiger partial charge is 0.230 e. The molecule has 1 saturated carbocycles. The number of nitrogens with one attached hydrogen (secondary N) is 2. The molecule has 9 heteroatoms. The van der Waals surface area contributed by atoms with Crippen LogP contribution in [0.2, 0.25) is 0 Å². The molecular weight excluding hydrogens is 422 g/mol. The van der Waals surface area contributed by atoms with Gasteiger partial charge in [-0.3, -0.25) is 9.59 Å². The van der Waals surface area contributed by atoms with Gasteiger partial charge < -0.3 is 26.2 Å². The normalized spacial score (nSPS) is 20.0. The molecule has 2 amide bonds. The Morgan fingerprint density at radius 3 is 2.50 bits per heavy atom. The first-order valence-corrected chi connectivity index (χ1v) is 13.7. The van der Waals surface area contributed by atoms with Crippen LogP contribution in [-0.4, -0.2) is 67.4 Å². The molecule has 1 unspecified atom stereocenters. The van der Waals surface area contributed by atoms with E-state index >= 15 is 0 Å². The second kappa shape index (κ2) is 18.1. The summed E-state index contributed by atoms with van der Waals surface area (Å²) in [5.41, 5.74) is 5.37. The van der Waals surface area contributed by atoms with Crippen LogP contribution in [-0.2, 0) is 14.3 Å². The summed E-state index contributed by atoms with van der Waals surface area (Å²) >= 11 is 0. The number of carbonyl (C=O) groups excluding carboxylic acids is 2. The van der Waals surface area contributed by atoms with E-state index < -0.39 is 0 Å². The van der Waals surface area contributed by atoms with Crippen molar-refractivity contribution < 1.29 is 19.4 Å². The molecule has 7 nitrogen and oxygen atoms in total. The number of carbonyl (C=O) groups is 2. The molecule has 0 aromatic rings. The molecule has 0 aromatic heterocycles. The van der Waals surface area contributed by atoms with E-state index in [1.165, 1.54) is 0 Å². The summed E-state index contributed by atoms with van der Waals surface area (Å²) in [7, 11) is 3.42. The fraction of sp³-hybridized carbons (Fsp3) is 0.905. The Hall–Kier alpha value is -0.480. The van der Waals surface area contributed by atoms with Crippen LogP contribution >= 0.6 is 21.6 Å². The highest BCUT2D eigenvalue weighted by Crippen LogP contribution is 2.39.